The smallest absolute Gasteiger partial charge is 0.461 e. The van der Waals surface area contributed by atoms with Gasteiger partial charge >= 0.3 is 19.5 Å². The van der Waals surface area contributed by atoms with Gasteiger partial charge in [-0.15, -0.1) is 0 Å². The second kappa shape index (κ2) is 9.41. The number of rotatable bonds is 6. The monoisotopic (exact) mass is 492 g/mol. The molecular formula is C24H31BF6O3. The number of furan rings is 1. The Morgan fingerprint density at radius 1 is 1.12 bits per heavy atom. The maximum Gasteiger partial charge on any atom is 0.492 e. The first kappa shape index (κ1) is 26.9. The number of alkyl halides is 6. The van der Waals surface area contributed by atoms with Gasteiger partial charge in [0.15, 0.2) is 0 Å². The van der Waals surface area contributed by atoms with Crippen LogP contribution in [0, 0.1) is 11.3 Å². The van der Waals surface area contributed by atoms with Crippen molar-refractivity contribution in [2.75, 3.05) is 0 Å². The van der Waals surface area contributed by atoms with E-state index in [0.29, 0.717) is 29.7 Å². The first-order valence-corrected chi connectivity index (χ1v) is 11.7. The van der Waals surface area contributed by atoms with Gasteiger partial charge in [-0.25, -0.2) is 0 Å². The largest absolute Gasteiger partial charge is 0.492 e. The first-order valence-electron chi connectivity index (χ1n) is 11.7. The quantitative estimate of drug-likeness (QED) is 0.344. The molecule has 1 aromatic heterocycles. The minimum absolute atomic E-state index is 0.161. The van der Waals surface area contributed by atoms with E-state index in [0.717, 1.165) is 25.7 Å². The van der Waals surface area contributed by atoms with Crippen LogP contribution in [0.3, 0.4) is 0 Å². The first-order chi connectivity index (χ1) is 15.6. The number of halogens is 6. The summed E-state index contributed by atoms with van der Waals surface area (Å²) in [6.45, 7) is 7.99. The molecule has 1 unspecified atom stereocenters. The Balaban J connectivity index is 2.13. The third-order valence-electron chi connectivity index (χ3n) is 7.48. The Bertz CT molecular complexity index is 1020. The summed E-state index contributed by atoms with van der Waals surface area (Å²) in [5.74, 6) is 0.523. The number of fused-ring (bicyclic) bond motifs is 1. The van der Waals surface area contributed by atoms with E-state index in [1.54, 1.807) is 6.92 Å². The Morgan fingerprint density at radius 3 is 2.26 bits per heavy atom. The van der Waals surface area contributed by atoms with Crippen LogP contribution in [0.1, 0.15) is 94.6 Å². The van der Waals surface area contributed by atoms with Crippen LogP contribution in [0.25, 0.3) is 11.0 Å². The summed E-state index contributed by atoms with van der Waals surface area (Å²) in [6, 6.07) is 0.437. The molecular weight excluding hydrogens is 461 g/mol. The molecule has 3 nitrogen and oxygen atoms in total. The van der Waals surface area contributed by atoms with E-state index in [9.17, 15) is 36.4 Å². The minimum atomic E-state index is -5.46. The summed E-state index contributed by atoms with van der Waals surface area (Å²) in [6.07, 6.45) is -4.52. The zero-order valence-corrected chi connectivity index (χ0v) is 19.8. The van der Waals surface area contributed by atoms with Crippen molar-refractivity contribution in [3.63, 3.8) is 0 Å². The maximum atomic E-state index is 13.7. The highest BCUT2D eigenvalue weighted by Gasteiger charge is 2.48. The van der Waals surface area contributed by atoms with E-state index in [1.165, 1.54) is 6.42 Å². The molecule has 1 saturated carbocycles. The maximum absolute atomic E-state index is 13.7. The number of aryl methyl sites for hydroxylation is 1. The van der Waals surface area contributed by atoms with Crippen molar-refractivity contribution < 1.29 is 40.8 Å². The molecule has 190 valence electrons. The summed E-state index contributed by atoms with van der Waals surface area (Å²) >= 11 is 0. The van der Waals surface area contributed by atoms with Crippen LogP contribution in [-0.2, 0) is 18.8 Å². The minimum Gasteiger partial charge on any atom is -0.461 e. The normalized spacial score (nSPS) is 20.1. The van der Waals surface area contributed by atoms with E-state index in [2.05, 4.69) is 13.8 Å². The van der Waals surface area contributed by atoms with Gasteiger partial charge in [0.25, 0.3) is 0 Å². The van der Waals surface area contributed by atoms with Crippen LogP contribution in [0.4, 0.5) is 26.3 Å². The van der Waals surface area contributed by atoms with Gasteiger partial charge in [0.2, 0.25) is 0 Å². The van der Waals surface area contributed by atoms with E-state index in [4.69, 9.17) is 4.42 Å². The van der Waals surface area contributed by atoms with Gasteiger partial charge in [-0.3, -0.25) is 0 Å². The Kier molecular flexibility index (Phi) is 7.45. The highest BCUT2D eigenvalue weighted by atomic mass is 19.4. The van der Waals surface area contributed by atoms with Gasteiger partial charge in [0, 0.05) is 22.3 Å². The topological polar surface area (TPSA) is 53.6 Å². The number of hydrogen-bond acceptors (Lipinski definition) is 3. The van der Waals surface area contributed by atoms with Gasteiger partial charge in [-0.05, 0) is 49.5 Å². The molecule has 1 aliphatic rings. The molecule has 0 bridgehead atoms. The third-order valence-corrected chi connectivity index (χ3v) is 7.48. The van der Waals surface area contributed by atoms with Crippen LogP contribution >= 0.6 is 0 Å². The molecule has 0 aliphatic heterocycles. The zero-order chi connectivity index (χ0) is 25.6. The Morgan fingerprint density at radius 2 is 1.76 bits per heavy atom. The molecule has 1 fully saturated rings. The fourth-order valence-corrected chi connectivity index (χ4v) is 5.55. The second-order valence-corrected chi connectivity index (χ2v) is 10.2. The van der Waals surface area contributed by atoms with Gasteiger partial charge in [-0.2, -0.15) is 26.3 Å². The Hall–Kier alpha value is -1.68. The van der Waals surface area contributed by atoms with Gasteiger partial charge in [0.1, 0.15) is 11.3 Å². The fourth-order valence-electron chi connectivity index (χ4n) is 5.55. The lowest BCUT2D eigenvalue weighted by atomic mass is 9.67. The van der Waals surface area contributed by atoms with E-state index in [1.807, 2.05) is 6.92 Å². The van der Waals surface area contributed by atoms with Crippen molar-refractivity contribution in [2.45, 2.75) is 90.9 Å². The van der Waals surface area contributed by atoms with Crippen LogP contribution in [0.5, 0.6) is 0 Å². The van der Waals surface area contributed by atoms with Crippen molar-refractivity contribution >= 4 is 23.6 Å². The molecule has 2 N–H and O–H groups in total. The number of hydrogen-bond donors (Lipinski definition) is 2. The van der Waals surface area contributed by atoms with Crippen LogP contribution in [0.2, 0.25) is 0 Å². The van der Waals surface area contributed by atoms with Gasteiger partial charge in [0.05, 0.1) is 11.1 Å². The van der Waals surface area contributed by atoms with Crippen molar-refractivity contribution in [1.82, 2.24) is 0 Å². The standard InChI is InChI=1S/C24H31BF6O3/c1-5-15-16-12-17(23(26,27)28)18(24(29,30)31)19(25(32)33)21(16)34-20(15)13(2)9-10-14-8-6-7-11-22(14,3)4/h12-14,32-33H,5-11H2,1-4H3/t13?,14-/m1/s1. The third kappa shape index (κ3) is 5.13. The van der Waals surface area contributed by atoms with Crippen LogP contribution in [-0.4, -0.2) is 17.2 Å². The molecule has 0 amide bonds. The summed E-state index contributed by atoms with van der Waals surface area (Å²) in [7, 11) is -2.79. The highest BCUT2D eigenvalue weighted by Crippen LogP contribution is 2.46. The van der Waals surface area contributed by atoms with E-state index >= 15 is 0 Å². The molecule has 2 aromatic rings. The fraction of sp³-hybridized carbons (Fsp3) is 0.667. The SMILES string of the molecule is CCc1c(C(C)CC[C@H]2CCCCC2(C)C)oc2c(B(O)O)c(C(F)(F)F)c(C(F)(F)F)cc12. The molecule has 2 atom stereocenters. The number of benzene rings is 1. The van der Waals surface area contributed by atoms with Crippen LogP contribution < -0.4 is 5.46 Å². The second-order valence-electron chi connectivity index (χ2n) is 10.2. The van der Waals surface area contributed by atoms with Gasteiger partial charge in [-0.1, -0.05) is 40.5 Å². The average Bonchev–Trinajstić information content (AvgIpc) is 3.08. The predicted molar refractivity (Wildman–Crippen MR) is 119 cm³/mol. The lowest BCUT2D eigenvalue weighted by Crippen LogP contribution is -2.39. The van der Waals surface area contributed by atoms with Crippen molar-refractivity contribution in [2.24, 2.45) is 11.3 Å². The van der Waals surface area contributed by atoms with Crippen molar-refractivity contribution in [3.8, 4) is 0 Å². The molecule has 34 heavy (non-hydrogen) atoms. The average molecular weight is 492 g/mol. The molecule has 1 aromatic carbocycles. The van der Waals surface area contributed by atoms with Crippen LogP contribution in [0.15, 0.2) is 10.5 Å². The summed E-state index contributed by atoms with van der Waals surface area (Å²) in [4.78, 5) is 0. The highest BCUT2D eigenvalue weighted by molar-refractivity contribution is 6.62. The van der Waals surface area contributed by atoms with Crippen molar-refractivity contribution in [1.29, 1.82) is 0 Å². The molecule has 10 heteroatoms. The molecule has 1 heterocycles. The molecule has 1 aliphatic carbocycles. The molecule has 0 saturated heterocycles. The lowest BCUT2D eigenvalue weighted by molar-refractivity contribution is -0.161. The lowest BCUT2D eigenvalue weighted by Gasteiger charge is -2.39. The van der Waals surface area contributed by atoms with Gasteiger partial charge < -0.3 is 14.5 Å². The Labute approximate surface area is 195 Å². The van der Waals surface area contributed by atoms with E-state index < -0.39 is 41.6 Å². The van der Waals surface area contributed by atoms with Crippen molar-refractivity contribution in [3.05, 3.63) is 28.5 Å². The summed E-state index contributed by atoms with van der Waals surface area (Å²) < 4.78 is 87.9. The summed E-state index contributed by atoms with van der Waals surface area (Å²) in [5.41, 5.74) is -5.37. The zero-order valence-electron chi connectivity index (χ0n) is 19.8. The molecule has 0 radical (unpaired) electrons. The molecule has 3 rings (SSSR count). The van der Waals surface area contributed by atoms with E-state index in [-0.39, 0.29) is 23.1 Å². The predicted octanol–water partition coefficient (Wildman–Crippen LogP) is 6.81. The summed E-state index contributed by atoms with van der Waals surface area (Å²) in [5, 5.41) is 19.3. The molecule has 0 spiro atoms.